The van der Waals surface area contributed by atoms with Crippen LogP contribution in [-0.2, 0) is 10.4 Å². The van der Waals surface area contributed by atoms with E-state index in [0.29, 0.717) is 32.0 Å². The topological polar surface area (TPSA) is 85.8 Å². The van der Waals surface area contributed by atoms with E-state index in [2.05, 4.69) is 20.9 Å². The molecule has 0 saturated heterocycles. The average Bonchev–Trinajstić information content (AvgIpc) is 2.58. The highest BCUT2D eigenvalue weighted by Gasteiger charge is 2.22. The molecule has 0 aromatic heterocycles. The molecule has 0 bridgehead atoms. The second-order valence-electron chi connectivity index (χ2n) is 5.86. The van der Waals surface area contributed by atoms with Gasteiger partial charge in [-0.2, -0.15) is 0 Å². The summed E-state index contributed by atoms with van der Waals surface area (Å²) < 4.78 is 0. The Bertz CT molecular complexity index is 515. The molecule has 6 heteroatoms. The molecule has 4 N–H and O–H groups in total. The number of aliphatic hydroxyl groups is 1. The summed E-state index contributed by atoms with van der Waals surface area (Å²) in [7, 11) is 0. The minimum atomic E-state index is -1.04. The van der Waals surface area contributed by atoms with Crippen LogP contribution in [0.1, 0.15) is 39.2 Å². The van der Waals surface area contributed by atoms with Gasteiger partial charge in [0.1, 0.15) is 5.60 Å². The lowest BCUT2D eigenvalue weighted by molar-refractivity contribution is -0.120. The molecule has 1 rings (SSSR count). The molecule has 0 aliphatic carbocycles. The zero-order chi connectivity index (χ0) is 17.8. The van der Waals surface area contributed by atoms with E-state index in [1.54, 1.807) is 6.92 Å². The number of nitrogens with zero attached hydrogens (tertiary/aromatic N) is 1. The fourth-order valence-corrected chi connectivity index (χ4v) is 2.11. The third-order valence-electron chi connectivity index (χ3n) is 3.50. The van der Waals surface area contributed by atoms with Gasteiger partial charge in [-0.15, -0.1) is 0 Å². The first-order valence-electron chi connectivity index (χ1n) is 8.56. The fourth-order valence-electron chi connectivity index (χ4n) is 2.11. The highest BCUT2D eigenvalue weighted by Crippen LogP contribution is 2.20. The van der Waals surface area contributed by atoms with E-state index in [1.165, 1.54) is 0 Å². The normalized spacial score (nSPS) is 13.9. The van der Waals surface area contributed by atoms with E-state index in [0.717, 1.165) is 12.0 Å². The monoisotopic (exact) mass is 334 g/mol. The maximum atomic E-state index is 11.6. The van der Waals surface area contributed by atoms with Crippen molar-refractivity contribution in [1.82, 2.24) is 16.0 Å². The van der Waals surface area contributed by atoms with Crippen LogP contribution >= 0.6 is 0 Å². The smallest absolute Gasteiger partial charge is 0.221 e. The molecule has 0 saturated carbocycles. The van der Waals surface area contributed by atoms with Crippen LogP contribution in [-0.4, -0.2) is 43.2 Å². The molecule has 1 unspecified atom stereocenters. The van der Waals surface area contributed by atoms with Crippen LogP contribution in [0.2, 0.25) is 0 Å². The number of amides is 1. The Morgan fingerprint density at radius 2 is 1.83 bits per heavy atom. The van der Waals surface area contributed by atoms with Crippen LogP contribution < -0.4 is 16.0 Å². The van der Waals surface area contributed by atoms with Crippen molar-refractivity contribution in [3.63, 3.8) is 0 Å². The molecule has 134 valence electrons. The number of benzene rings is 1. The van der Waals surface area contributed by atoms with E-state index < -0.39 is 5.60 Å². The fraction of sp³-hybridized carbons (Fsp3) is 0.556. The lowest BCUT2D eigenvalue weighted by Gasteiger charge is -2.22. The van der Waals surface area contributed by atoms with Gasteiger partial charge in [-0.3, -0.25) is 4.79 Å². The molecule has 1 aromatic rings. The van der Waals surface area contributed by atoms with Gasteiger partial charge in [-0.1, -0.05) is 37.3 Å². The Morgan fingerprint density at radius 3 is 2.46 bits per heavy atom. The predicted molar refractivity (Wildman–Crippen MR) is 97.9 cm³/mol. The molecule has 0 fully saturated rings. The third-order valence-corrected chi connectivity index (χ3v) is 3.50. The summed E-state index contributed by atoms with van der Waals surface area (Å²) in [5.74, 6) is 0.619. The summed E-state index contributed by atoms with van der Waals surface area (Å²) in [6.07, 6.45) is 1.32. The van der Waals surface area contributed by atoms with Crippen molar-refractivity contribution in [1.29, 1.82) is 0 Å². The lowest BCUT2D eigenvalue weighted by atomic mass is 9.96. The van der Waals surface area contributed by atoms with E-state index in [9.17, 15) is 9.90 Å². The summed E-state index contributed by atoms with van der Waals surface area (Å²) in [6, 6.07) is 9.47. The van der Waals surface area contributed by atoms with Crippen molar-refractivity contribution in [3.05, 3.63) is 35.9 Å². The van der Waals surface area contributed by atoms with E-state index >= 15 is 0 Å². The molecule has 24 heavy (non-hydrogen) atoms. The van der Waals surface area contributed by atoms with E-state index in [-0.39, 0.29) is 12.5 Å². The number of carbonyl (C=O) groups excluding carboxylic acids is 1. The molecule has 6 nitrogen and oxygen atoms in total. The van der Waals surface area contributed by atoms with Crippen LogP contribution in [0.3, 0.4) is 0 Å². The van der Waals surface area contributed by atoms with Crippen molar-refractivity contribution in [3.8, 4) is 0 Å². The van der Waals surface area contributed by atoms with Gasteiger partial charge in [0.25, 0.3) is 0 Å². The van der Waals surface area contributed by atoms with Gasteiger partial charge in [0.15, 0.2) is 5.96 Å². The van der Waals surface area contributed by atoms with E-state index in [4.69, 9.17) is 0 Å². The van der Waals surface area contributed by atoms with Gasteiger partial charge < -0.3 is 21.1 Å². The Kier molecular flexibility index (Phi) is 8.86. The van der Waals surface area contributed by atoms with Gasteiger partial charge in [-0.25, -0.2) is 4.99 Å². The van der Waals surface area contributed by atoms with Crippen molar-refractivity contribution in [2.45, 2.75) is 39.2 Å². The molecule has 0 spiro atoms. The molecule has 0 aliphatic heterocycles. The zero-order valence-corrected chi connectivity index (χ0v) is 14.9. The maximum absolute atomic E-state index is 11.6. The second kappa shape index (κ2) is 10.6. The van der Waals surface area contributed by atoms with Gasteiger partial charge in [0, 0.05) is 26.1 Å². The first-order chi connectivity index (χ1) is 11.5. The summed E-state index contributed by atoms with van der Waals surface area (Å²) >= 11 is 0. The van der Waals surface area contributed by atoms with Crippen molar-refractivity contribution >= 4 is 11.9 Å². The van der Waals surface area contributed by atoms with Gasteiger partial charge in [-0.05, 0) is 25.8 Å². The first kappa shape index (κ1) is 20.0. The zero-order valence-electron chi connectivity index (χ0n) is 14.9. The van der Waals surface area contributed by atoms with Crippen LogP contribution in [0, 0.1) is 0 Å². The third kappa shape index (κ3) is 7.46. The number of hydrogen-bond acceptors (Lipinski definition) is 3. The molecule has 0 aliphatic rings. The summed E-state index contributed by atoms with van der Waals surface area (Å²) in [4.78, 5) is 16.0. The van der Waals surface area contributed by atoms with Gasteiger partial charge >= 0.3 is 0 Å². The lowest BCUT2D eigenvalue weighted by Crippen LogP contribution is -2.40. The summed E-state index contributed by atoms with van der Waals surface area (Å²) in [5, 5.41) is 19.7. The minimum Gasteiger partial charge on any atom is -0.384 e. The molecule has 0 radical (unpaired) electrons. The summed E-state index contributed by atoms with van der Waals surface area (Å²) in [5.41, 5.74) is -0.217. The molecular weight excluding hydrogens is 304 g/mol. The average molecular weight is 334 g/mol. The van der Waals surface area contributed by atoms with Gasteiger partial charge in [0.05, 0.1) is 6.54 Å². The Labute approximate surface area is 144 Å². The first-order valence-corrected chi connectivity index (χ1v) is 8.56. The standard InChI is InChI=1S/C18H30N4O2/c1-4-12-20-16(23)11-13-21-17(19-5-2)22-14-18(3,24)15-9-7-6-8-10-15/h6-10,24H,4-5,11-14H2,1-3H3,(H,20,23)(H2,19,21,22). The van der Waals surface area contributed by atoms with Crippen LogP contribution in [0.15, 0.2) is 35.3 Å². The Balaban J connectivity index is 2.54. The predicted octanol–water partition coefficient (Wildman–Crippen LogP) is 1.37. The van der Waals surface area contributed by atoms with Crippen molar-refractivity contribution in [2.75, 3.05) is 26.2 Å². The number of carbonyl (C=O) groups is 1. The second-order valence-corrected chi connectivity index (χ2v) is 5.86. The quantitative estimate of drug-likeness (QED) is 0.406. The van der Waals surface area contributed by atoms with Crippen LogP contribution in [0.25, 0.3) is 0 Å². The number of guanidine groups is 1. The number of rotatable bonds is 9. The van der Waals surface area contributed by atoms with Crippen LogP contribution in [0.5, 0.6) is 0 Å². The van der Waals surface area contributed by atoms with Gasteiger partial charge in [0.2, 0.25) is 5.91 Å². The Hall–Kier alpha value is -2.08. The largest absolute Gasteiger partial charge is 0.384 e. The van der Waals surface area contributed by atoms with Crippen LogP contribution in [0.4, 0.5) is 0 Å². The number of nitrogens with one attached hydrogen (secondary N) is 3. The van der Waals surface area contributed by atoms with E-state index in [1.807, 2.05) is 44.2 Å². The maximum Gasteiger partial charge on any atom is 0.221 e. The van der Waals surface area contributed by atoms with Crippen molar-refractivity contribution in [2.24, 2.45) is 4.99 Å². The minimum absolute atomic E-state index is 0.0245. The number of aliphatic imine (C=N–C) groups is 1. The molecule has 0 heterocycles. The number of hydrogen-bond donors (Lipinski definition) is 4. The van der Waals surface area contributed by atoms with Crippen molar-refractivity contribution < 1.29 is 9.90 Å². The molecule has 1 atom stereocenters. The highest BCUT2D eigenvalue weighted by molar-refractivity contribution is 5.81. The SMILES string of the molecule is CCCNC(=O)CCNC(=NCC(C)(O)c1ccccc1)NCC. The highest BCUT2D eigenvalue weighted by atomic mass is 16.3. The molecule has 1 amide bonds. The Morgan fingerprint density at radius 1 is 1.12 bits per heavy atom. The summed E-state index contributed by atoms with van der Waals surface area (Å²) in [6.45, 7) is 7.87. The molecular formula is C18H30N4O2. The molecule has 1 aromatic carbocycles.